The van der Waals surface area contributed by atoms with E-state index in [1.807, 2.05) is 0 Å². The van der Waals surface area contributed by atoms with Gasteiger partial charge in [0.1, 0.15) is 5.69 Å². The van der Waals surface area contributed by atoms with Crippen LogP contribution in [0.4, 0.5) is 22.0 Å². The summed E-state index contributed by atoms with van der Waals surface area (Å²) in [4.78, 5) is 27.4. The van der Waals surface area contributed by atoms with Gasteiger partial charge in [-0.25, -0.2) is 23.4 Å². The van der Waals surface area contributed by atoms with Gasteiger partial charge in [-0.05, 0) is 31.7 Å². The van der Waals surface area contributed by atoms with E-state index in [2.05, 4.69) is 9.72 Å². The molecule has 0 aliphatic carbocycles. The highest BCUT2D eigenvalue weighted by Gasteiger charge is 2.43. The number of alkyl halides is 5. The predicted molar refractivity (Wildman–Crippen MR) is 84.7 cm³/mol. The van der Waals surface area contributed by atoms with Crippen LogP contribution in [0.3, 0.4) is 0 Å². The molecule has 0 spiro atoms. The number of nitrogens with zero attached hydrogens (tertiary/aromatic N) is 1. The van der Waals surface area contributed by atoms with Crippen molar-refractivity contribution >= 4 is 11.9 Å². The summed E-state index contributed by atoms with van der Waals surface area (Å²) >= 11 is 0. The average Bonchev–Trinajstić information content (AvgIpc) is 2.52. The van der Waals surface area contributed by atoms with Crippen LogP contribution in [0, 0.1) is 5.92 Å². The molecule has 0 aliphatic rings. The van der Waals surface area contributed by atoms with Crippen LogP contribution < -0.4 is 0 Å². The van der Waals surface area contributed by atoms with Crippen LogP contribution in [0.5, 0.6) is 0 Å². The van der Waals surface area contributed by atoms with Crippen LogP contribution in [-0.2, 0) is 22.1 Å². The van der Waals surface area contributed by atoms with E-state index in [4.69, 9.17) is 4.74 Å². The maximum absolute atomic E-state index is 13.5. The molecule has 0 N–H and O–H groups in total. The van der Waals surface area contributed by atoms with Crippen LogP contribution in [0.25, 0.3) is 0 Å². The number of esters is 2. The van der Waals surface area contributed by atoms with E-state index in [9.17, 15) is 31.5 Å². The summed E-state index contributed by atoms with van der Waals surface area (Å²) in [6, 6.07) is 0. The van der Waals surface area contributed by atoms with Gasteiger partial charge < -0.3 is 9.47 Å². The zero-order valence-electron chi connectivity index (χ0n) is 15.2. The minimum atomic E-state index is -5.20. The fourth-order valence-electron chi connectivity index (χ4n) is 2.48. The lowest BCUT2D eigenvalue weighted by molar-refractivity contribution is -0.142. The van der Waals surface area contributed by atoms with Crippen molar-refractivity contribution in [2.24, 2.45) is 5.92 Å². The Morgan fingerprint density at radius 3 is 1.85 bits per heavy atom. The Labute approximate surface area is 152 Å². The second-order valence-electron chi connectivity index (χ2n) is 5.91. The highest BCUT2D eigenvalue weighted by Crippen LogP contribution is 2.38. The summed E-state index contributed by atoms with van der Waals surface area (Å²) < 4.78 is 76.6. The number of halogens is 5. The van der Waals surface area contributed by atoms with Gasteiger partial charge >= 0.3 is 18.1 Å². The van der Waals surface area contributed by atoms with Crippen molar-refractivity contribution in [1.82, 2.24) is 4.98 Å². The normalized spacial score (nSPS) is 11.8. The first-order valence-corrected chi connectivity index (χ1v) is 8.21. The molecule has 0 amide bonds. The predicted octanol–water partition coefficient (Wildman–Crippen LogP) is 4.59. The quantitative estimate of drug-likeness (QED) is 0.497. The molecule has 152 valence electrons. The standard InChI is InChI=1S/C17H20F5NO4/c1-5-26-15(24)10-9(7-8(3)4)11(16(25)27-6-2)13(17(20,21)22)23-12(10)14(18)19/h8,14H,5-7H2,1-4H3. The van der Waals surface area contributed by atoms with E-state index in [1.165, 1.54) is 13.8 Å². The molecule has 27 heavy (non-hydrogen) atoms. The van der Waals surface area contributed by atoms with Gasteiger partial charge in [0.25, 0.3) is 6.43 Å². The van der Waals surface area contributed by atoms with Gasteiger partial charge in [-0.2, -0.15) is 13.2 Å². The number of ether oxygens (including phenoxy) is 2. The molecule has 0 radical (unpaired) electrons. The van der Waals surface area contributed by atoms with Gasteiger partial charge in [0.15, 0.2) is 5.69 Å². The van der Waals surface area contributed by atoms with Crippen LogP contribution in [0.1, 0.15) is 71.8 Å². The van der Waals surface area contributed by atoms with E-state index in [0.29, 0.717) is 0 Å². The van der Waals surface area contributed by atoms with E-state index >= 15 is 0 Å². The number of carbonyl (C=O) groups excluding carboxylic acids is 2. The van der Waals surface area contributed by atoms with Crippen molar-refractivity contribution < 1.29 is 41.0 Å². The largest absolute Gasteiger partial charge is 0.462 e. The van der Waals surface area contributed by atoms with Crippen LogP contribution in [0.15, 0.2) is 0 Å². The molecule has 0 fully saturated rings. The third kappa shape index (κ3) is 5.36. The number of rotatable bonds is 7. The zero-order valence-corrected chi connectivity index (χ0v) is 15.2. The summed E-state index contributed by atoms with van der Waals surface area (Å²) in [5.74, 6) is -3.02. The lowest BCUT2D eigenvalue weighted by Crippen LogP contribution is -2.26. The van der Waals surface area contributed by atoms with Crippen LogP contribution in [0.2, 0.25) is 0 Å². The maximum atomic E-state index is 13.5. The molecule has 0 bridgehead atoms. The minimum Gasteiger partial charge on any atom is -0.462 e. The molecule has 5 nitrogen and oxygen atoms in total. The van der Waals surface area contributed by atoms with Crippen molar-refractivity contribution in [2.75, 3.05) is 13.2 Å². The number of pyridine rings is 1. The summed E-state index contributed by atoms with van der Waals surface area (Å²) in [5.41, 5.74) is -5.54. The Kier molecular flexibility index (Phi) is 7.67. The highest BCUT2D eigenvalue weighted by molar-refractivity contribution is 5.99. The summed E-state index contributed by atoms with van der Waals surface area (Å²) in [6.45, 7) is 5.53. The van der Waals surface area contributed by atoms with Gasteiger partial charge in [0.2, 0.25) is 0 Å². The summed E-state index contributed by atoms with van der Waals surface area (Å²) in [6.07, 6.45) is -8.94. The van der Waals surface area contributed by atoms with Crippen LogP contribution >= 0.6 is 0 Å². The molecule has 1 rings (SSSR count). The van der Waals surface area contributed by atoms with Gasteiger partial charge in [-0.15, -0.1) is 0 Å². The number of hydrogen-bond acceptors (Lipinski definition) is 5. The molecule has 0 aliphatic heterocycles. The average molecular weight is 397 g/mol. The Balaban J connectivity index is 4.02. The molecular weight excluding hydrogens is 377 g/mol. The van der Waals surface area contributed by atoms with Crippen molar-refractivity contribution in [1.29, 1.82) is 0 Å². The first kappa shape index (κ1) is 22.8. The molecule has 0 aromatic carbocycles. The third-order valence-electron chi connectivity index (χ3n) is 3.38. The molecule has 1 aromatic rings. The Hall–Kier alpha value is -2.26. The first-order valence-electron chi connectivity index (χ1n) is 8.21. The fourth-order valence-corrected chi connectivity index (χ4v) is 2.48. The summed E-state index contributed by atoms with van der Waals surface area (Å²) in [5, 5.41) is 0. The maximum Gasteiger partial charge on any atom is 0.434 e. The van der Waals surface area contributed by atoms with Gasteiger partial charge in [0, 0.05) is 0 Å². The molecular formula is C17H20F5NO4. The van der Waals surface area contributed by atoms with E-state index in [-0.39, 0.29) is 25.6 Å². The highest BCUT2D eigenvalue weighted by atomic mass is 19.4. The summed E-state index contributed by atoms with van der Waals surface area (Å²) in [7, 11) is 0. The molecule has 0 unspecified atom stereocenters. The van der Waals surface area contributed by atoms with E-state index in [1.54, 1.807) is 13.8 Å². The lowest BCUT2D eigenvalue weighted by atomic mass is 9.91. The molecule has 1 heterocycles. The van der Waals surface area contributed by atoms with Crippen molar-refractivity contribution in [3.05, 3.63) is 28.1 Å². The van der Waals surface area contributed by atoms with Crippen molar-refractivity contribution in [3.8, 4) is 0 Å². The topological polar surface area (TPSA) is 65.5 Å². The second-order valence-corrected chi connectivity index (χ2v) is 5.91. The number of aromatic nitrogens is 1. The molecule has 0 atom stereocenters. The number of hydrogen-bond donors (Lipinski definition) is 0. The minimum absolute atomic E-state index is 0.196. The first-order chi connectivity index (χ1) is 12.4. The monoisotopic (exact) mass is 397 g/mol. The smallest absolute Gasteiger partial charge is 0.434 e. The van der Waals surface area contributed by atoms with Crippen LogP contribution in [-0.4, -0.2) is 30.1 Å². The van der Waals surface area contributed by atoms with E-state index in [0.717, 1.165) is 0 Å². The third-order valence-corrected chi connectivity index (χ3v) is 3.38. The zero-order chi connectivity index (χ0) is 20.9. The fraction of sp³-hybridized carbons (Fsp3) is 0.588. The molecule has 0 saturated carbocycles. The molecule has 10 heteroatoms. The molecule has 0 saturated heterocycles. The van der Waals surface area contributed by atoms with E-state index < -0.39 is 52.6 Å². The van der Waals surface area contributed by atoms with Gasteiger partial charge in [-0.1, -0.05) is 13.8 Å². The Bertz CT molecular complexity index is 702. The van der Waals surface area contributed by atoms with Gasteiger partial charge in [0.05, 0.1) is 24.3 Å². The SMILES string of the molecule is CCOC(=O)c1c(C(F)F)nc(C(F)(F)F)c(C(=O)OCC)c1CC(C)C. The number of carbonyl (C=O) groups is 2. The van der Waals surface area contributed by atoms with Gasteiger partial charge in [-0.3, -0.25) is 0 Å². The molecule has 1 aromatic heterocycles. The second kappa shape index (κ2) is 9.09. The Morgan fingerprint density at radius 1 is 1.00 bits per heavy atom. The Morgan fingerprint density at radius 2 is 1.48 bits per heavy atom. The van der Waals surface area contributed by atoms with Crippen molar-refractivity contribution in [2.45, 2.75) is 46.7 Å². The lowest BCUT2D eigenvalue weighted by Gasteiger charge is -2.21. The van der Waals surface area contributed by atoms with Crippen molar-refractivity contribution in [3.63, 3.8) is 0 Å².